The van der Waals surface area contributed by atoms with E-state index in [1.165, 1.54) is 6.07 Å². The van der Waals surface area contributed by atoms with E-state index in [-0.39, 0.29) is 10.6 Å². The lowest BCUT2D eigenvalue weighted by atomic mass is 10.1. The van der Waals surface area contributed by atoms with Gasteiger partial charge in [0.25, 0.3) is 0 Å². The topological polar surface area (TPSA) is 0 Å². The fourth-order valence-corrected chi connectivity index (χ4v) is 1.09. The summed E-state index contributed by atoms with van der Waals surface area (Å²) in [7, 11) is 0. The van der Waals surface area contributed by atoms with E-state index in [1.807, 2.05) is 0 Å². The van der Waals surface area contributed by atoms with E-state index in [1.54, 1.807) is 0 Å². The van der Waals surface area contributed by atoms with Gasteiger partial charge in [-0.1, -0.05) is 18.2 Å². The third-order valence-electron chi connectivity index (χ3n) is 1.43. The molecule has 0 unspecified atom stereocenters. The van der Waals surface area contributed by atoms with Crippen LogP contribution in [0.3, 0.4) is 0 Å². The zero-order valence-electron chi connectivity index (χ0n) is 6.45. The van der Waals surface area contributed by atoms with Crippen molar-refractivity contribution in [2.24, 2.45) is 0 Å². The third kappa shape index (κ3) is 2.49. The molecule has 0 bridgehead atoms. The van der Waals surface area contributed by atoms with E-state index in [9.17, 15) is 13.2 Å². The molecule has 1 radical (unpaired) electrons. The molecule has 0 aliphatic rings. The number of halogens is 4. The lowest BCUT2D eigenvalue weighted by molar-refractivity contribution is -0.137. The average molecular weight is 206 g/mol. The van der Waals surface area contributed by atoms with Crippen LogP contribution in [0.5, 0.6) is 0 Å². The normalized spacial score (nSPS) is 11.4. The van der Waals surface area contributed by atoms with Crippen LogP contribution < -0.4 is 0 Å². The van der Waals surface area contributed by atoms with Gasteiger partial charge in [-0.3, -0.25) is 0 Å². The van der Waals surface area contributed by atoms with Crippen molar-refractivity contribution in [2.75, 3.05) is 0 Å². The van der Waals surface area contributed by atoms with Crippen molar-refractivity contribution in [3.8, 4) is 0 Å². The van der Waals surface area contributed by atoms with E-state index in [4.69, 9.17) is 11.6 Å². The predicted octanol–water partition coefficient (Wildman–Crippen LogP) is 3.70. The molecular weight excluding hydrogens is 201 g/mol. The zero-order chi connectivity index (χ0) is 10.1. The Balaban J connectivity index is 3.24. The fraction of sp³-hybridized carbons (Fsp3) is 0.111. The van der Waals surface area contributed by atoms with Crippen LogP contribution in [0.15, 0.2) is 24.8 Å². The smallest absolute Gasteiger partial charge is 0.166 e. The summed E-state index contributed by atoms with van der Waals surface area (Å²) >= 11 is 5.47. The molecule has 0 saturated carbocycles. The van der Waals surface area contributed by atoms with E-state index in [0.717, 1.165) is 12.1 Å². The summed E-state index contributed by atoms with van der Waals surface area (Å²) in [5.41, 5.74) is -0.550. The monoisotopic (exact) mass is 205 g/mol. The molecule has 1 aromatic rings. The molecule has 0 amide bonds. The van der Waals surface area contributed by atoms with Gasteiger partial charge >= 0.3 is 6.18 Å². The summed E-state index contributed by atoms with van der Waals surface area (Å²) in [6, 6.07) is 3.17. The Labute approximate surface area is 78.6 Å². The lowest BCUT2D eigenvalue weighted by Crippen LogP contribution is -2.04. The van der Waals surface area contributed by atoms with Gasteiger partial charge in [-0.2, -0.15) is 13.2 Å². The molecule has 0 aliphatic carbocycles. The molecule has 0 heterocycles. The highest BCUT2D eigenvalue weighted by molar-refractivity contribution is 6.30. The molecule has 0 saturated heterocycles. The van der Waals surface area contributed by atoms with Crippen molar-refractivity contribution in [3.05, 3.63) is 47.0 Å². The Kier molecular flexibility index (Phi) is 2.66. The number of rotatable bonds is 1. The van der Waals surface area contributed by atoms with Crippen LogP contribution >= 0.6 is 11.6 Å². The Morgan fingerprint density at radius 1 is 1.23 bits per heavy atom. The van der Waals surface area contributed by atoms with Gasteiger partial charge in [0.1, 0.15) is 0 Å². The van der Waals surface area contributed by atoms with Crippen LogP contribution in [0.25, 0.3) is 0 Å². The molecule has 0 nitrogen and oxygen atoms in total. The van der Waals surface area contributed by atoms with Crippen LogP contribution in [0, 0.1) is 6.08 Å². The molecule has 0 aliphatic heterocycles. The van der Waals surface area contributed by atoms with Crippen molar-refractivity contribution >= 4 is 11.6 Å². The standard InChI is InChI=1S/C9H5ClF3/c1-2-6-3-7(9(11,12)13)5-8(10)4-6/h3-5H,1H2. The SMILES string of the molecule is C=[C]c1cc(Cl)cc(C(F)(F)F)c1. The summed E-state index contributed by atoms with van der Waals surface area (Å²) < 4.78 is 36.5. The minimum atomic E-state index is -4.38. The molecule has 0 fully saturated rings. The number of benzene rings is 1. The molecule has 0 spiro atoms. The number of alkyl halides is 3. The summed E-state index contributed by atoms with van der Waals surface area (Å²) in [4.78, 5) is 0. The van der Waals surface area contributed by atoms with Crippen LogP contribution in [0.4, 0.5) is 13.2 Å². The highest BCUT2D eigenvalue weighted by Gasteiger charge is 2.30. The first-order chi connectivity index (χ1) is 5.93. The van der Waals surface area contributed by atoms with Crippen molar-refractivity contribution in [3.63, 3.8) is 0 Å². The second kappa shape index (κ2) is 3.42. The number of hydrogen-bond acceptors (Lipinski definition) is 0. The minimum Gasteiger partial charge on any atom is -0.166 e. The van der Waals surface area contributed by atoms with Crippen LogP contribution in [-0.4, -0.2) is 0 Å². The fourth-order valence-electron chi connectivity index (χ4n) is 0.855. The van der Waals surface area contributed by atoms with Crippen LogP contribution in [0.2, 0.25) is 5.02 Å². The Morgan fingerprint density at radius 3 is 2.31 bits per heavy atom. The van der Waals surface area contributed by atoms with Gasteiger partial charge in [-0.25, -0.2) is 0 Å². The zero-order valence-corrected chi connectivity index (χ0v) is 7.21. The molecule has 4 heteroatoms. The Hall–Kier alpha value is -0.960. The highest BCUT2D eigenvalue weighted by atomic mass is 35.5. The first-order valence-corrected chi connectivity index (χ1v) is 3.72. The van der Waals surface area contributed by atoms with Gasteiger partial charge in [-0.05, 0) is 29.8 Å². The van der Waals surface area contributed by atoms with E-state index in [2.05, 4.69) is 12.7 Å². The Bertz CT molecular complexity index is 328. The molecule has 0 atom stereocenters. The number of hydrogen-bond donors (Lipinski definition) is 0. The van der Waals surface area contributed by atoms with Crippen molar-refractivity contribution in [1.82, 2.24) is 0 Å². The molecule has 0 N–H and O–H groups in total. The molecule has 1 rings (SSSR count). The van der Waals surface area contributed by atoms with E-state index in [0.29, 0.717) is 0 Å². The molecule has 69 valence electrons. The van der Waals surface area contributed by atoms with Gasteiger partial charge in [0.05, 0.1) is 5.56 Å². The first kappa shape index (κ1) is 10.1. The summed E-state index contributed by atoms with van der Waals surface area (Å²) in [5, 5.41) is 0.0287. The summed E-state index contributed by atoms with van der Waals surface area (Å²) in [6.45, 7) is 3.24. The predicted molar refractivity (Wildman–Crippen MR) is 44.4 cm³/mol. The lowest BCUT2D eigenvalue weighted by Gasteiger charge is -2.07. The van der Waals surface area contributed by atoms with E-state index >= 15 is 0 Å². The maximum atomic E-state index is 12.2. The van der Waals surface area contributed by atoms with Crippen molar-refractivity contribution < 1.29 is 13.2 Å². The van der Waals surface area contributed by atoms with Gasteiger partial charge in [0, 0.05) is 5.02 Å². The molecule has 13 heavy (non-hydrogen) atoms. The molecule has 1 aromatic carbocycles. The molecular formula is C9H5ClF3. The third-order valence-corrected chi connectivity index (χ3v) is 1.65. The molecule has 0 aromatic heterocycles. The second-order valence-corrected chi connectivity index (χ2v) is 2.84. The largest absolute Gasteiger partial charge is 0.416 e. The van der Waals surface area contributed by atoms with E-state index < -0.39 is 11.7 Å². The summed E-state index contributed by atoms with van der Waals surface area (Å²) in [5.74, 6) is 0. The quantitative estimate of drug-likeness (QED) is 0.656. The second-order valence-electron chi connectivity index (χ2n) is 2.40. The maximum Gasteiger partial charge on any atom is 0.416 e. The Morgan fingerprint density at radius 2 is 1.85 bits per heavy atom. The van der Waals surface area contributed by atoms with Gasteiger partial charge < -0.3 is 0 Å². The van der Waals surface area contributed by atoms with Crippen molar-refractivity contribution in [2.45, 2.75) is 6.18 Å². The van der Waals surface area contributed by atoms with Gasteiger partial charge in [0.15, 0.2) is 0 Å². The van der Waals surface area contributed by atoms with Crippen LogP contribution in [0.1, 0.15) is 11.1 Å². The van der Waals surface area contributed by atoms with Gasteiger partial charge in [-0.15, -0.1) is 0 Å². The van der Waals surface area contributed by atoms with Crippen LogP contribution in [-0.2, 0) is 6.18 Å². The van der Waals surface area contributed by atoms with Crippen molar-refractivity contribution in [1.29, 1.82) is 0 Å². The average Bonchev–Trinajstić information content (AvgIpc) is 2.01. The highest BCUT2D eigenvalue weighted by Crippen LogP contribution is 2.31. The minimum absolute atomic E-state index is 0.0287. The van der Waals surface area contributed by atoms with Gasteiger partial charge in [0.2, 0.25) is 0 Å². The first-order valence-electron chi connectivity index (χ1n) is 3.34. The summed E-state index contributed by atoms with van der Waals surface area (Å²) in [6.07, 6.45) is -2.03. The maximum absolute atomic E-state index is 12.2.